The molecule has 134 valence electrons. The highest BCUT2D eigenvalue weighted by molar-refractivity contribution is 5.95. The molecule has 2 aromatic heterocycles. The van der Waals surface area contributed by atoms with Crippen molar-refractivity contribution in [2.45, 2.75) is 25.7 Å². The van der Waals surface area contributed by atoms with E-state index in [1.807, 2.05) is 17.0 Å². The molecule has 1 aliphatic rings. The molecular weight excluding hydrogens is 333 g/mol. The van der Waals surface area contributed by atoms with Crippen LogP contribution in [0.15, 0.2) is 42.6 Å². The summed E-state index contributed by atoms with van der Waals surface area (Å²) in [6, 6.07) is 10.2. The summed E-state index contributed by atoms with van der Waals surface area (Å²) < 4.78 is 14.5. The van der Waals surface area contributed by atoms with Crippen LogP contribution in [0.25, 0.3) is 5.65 Å². The van der Waals surface area contributed by atoms with E-state index in [0.717, 1.165) is 44.3 Å². The number of nitrogens with zero attached hydrogens (tertiary/aromatic N) is 5. The average molecular weight is 353 g/mol. The summed E-state index contributed by atoms with van der Waals surface area (Å²) in [4.78, 5) is 14.8. The predicted octanol–water partition coefficient (Wildman–Crippen LogP) is 2.75. The first kappa shape index (κ1) is 16.6. The Kier molecular flexibility index (Phi) is 4.60. The van der Waals surface area contributed by atoms with Crippen LogP contribution < -0.4 is 0 Å². The molecule has 1 saturated heterocycles. The Morgan fingerprint density at radius 2 is 2.08 bits per heavy atom. The minimum Gasteiger partial charge on any atom is -0.338 e. The van der Waals surface area contributed by atoms with Gasteiger partial charge in [0.15, 0.2) is 5.65 Å². The van der Waals surface area contributed by atoms with Gasteiger partial charge >= 0.3 is 0 Å². The first-order chi connectivity index (χ1) is 12.7. The van der Waals surface area contributed by atoms with E-state index in [2.05, 4.69) is 15.5 Å². The topological polar surface area (TPSA) is 63.4 Å². The molecule has 0 saturated carbocycles. The van der Waals surface area contributed by atoms with Crippen molar-refractivity contribution < 1.29 is 9.18 Å². The fourth-order valence-electron chi connectivity index (χ4n) is 3.56. The molecule has 1 amide bonds. The Morgan fingerprint density at radius 3 is 2.92 bits per heavy atom. The minimum absolute atomic E-state index is 0.0296. The molecular formula is C19H20FN5O. The molecule has 0 N–H and O–H groups in total. The lowest BCUT2D eigenvalue weighted by Crippen LogP contribution is -2.40. The zero-order chi connectivity index (χ0) is 17.9. The summed E-state index contributed by atoms with van der Waals surface area (Å²) in [5.41, 5.74) is 2.33. The molecule has 6 nitrogen and oxygen atoms in total. The number of hydrogen-bond donors (Lipinski definition) is 0. The Hall–Kier alpha value is -2.83. The second-order valence-electron chi connectivity index (χ2n) is 6.82. The molecule has 0 spiro atoms. The molecule has 0 radical (unpaired) electrons. The van der Waals surface area contributed by atoms with Gasteiger partial charge in [-0.05, 0) is 71.9 Å². The zero-order valence-corrected chi connectivity index (χ0v) is 14.4. The van der Waals surface area contributed by atoms with Crippen LogP contribution >= 0.6 is 0 Å². The van der Waals surface area contributed by atoms with Crippen LogP contribution in [0.2, 0.25) is 0 Å². The van der Waals surface area contributed by atoms with Gasteiger partial charge in [-0.15, -0.1) is 5.10 Å². The molecule has 26 heavy (non-hydrogen) atoms. The maximum Gasteiger partial charge on any atom is 0.254 e. The average Bonchev–Trinajstić information content (AvgIpc) is 3.15. The van der Waals surface area contributed by atoms with Crippen molar-refractivity contribution in [2.24, 2.45) is 5.92 Å². The van der Waals surface area contributed by atoms with E-state index >= 15 is 0 Å². The van der Waals surface area contributed by atoms with E-state index in [-0.39, 0.29) is 11.7 Å². The molecule has 3 heterocycles. The van der Waals surface area contributed by atoms with Gasteiger partial charge in [-0.1, -0.05) is 12.1 Å². The number of carbonyl (C=O) groups is 1. The smallest absolute Gasteiger partial charge is 0.254 e. The number of halogens is 1. The monoisotopic (exact) mass is 353 g/mol. The van der Waals surface area contributed by atoms with Crippen molar-refractivity contribution in [3.05, 3.63) is 59.5 Å². The number of piperidine rings is 1. The number of aromatic nitrogens is 4. The van der Waals surface area contributed by atoms with Gasteiger partial charge in [0, 0.05) is 24.8 Å². The lowest BCUT2D eigenvalue weighted by Gasteiger charge is -2.33. The number of hydrogen-bond acceptors (Lipinski definition) is 4. The van der Waals surface area contributed by atoms with Crippen LogP contribution in [0.5, 0.6) is 0 Å². The number of amides is 1. The Labute approximate surface area is 150 Å². The lowest BCUT2D eigenvalue weighted by molar-refractivity contribution is 0.0668. The molecule has 4 rings (SSSR count). The summed E-state index contributed by atoms with van der Waals surface area (Å²) in [7, 11) is 0. The van der Waals surface area contributed by atoms with Crippen LogP contribution in [0.4, 0.5) is 4.39 Å². The fourth-order valence-corrected chi connectivity index (χ4v) is 3.56. The molecule has 3 aromatic rings. The SMILES string of the molecule is O=C(c1ccn2nnnc2c1)N1CCC[C@@H](CCc2ccc(F)cc2)C1. The molecule has 1 aliphatic heterocycles. The third-order valence-corrected chi connectivity index (χ3v) is 5.01. The van der Waals surface area contributed by atoms with Gasteiger partial charge in [0.05, 0.1) is 0 Å². The maximum atomic E-state index is 13.0. The van der Waals surface area contributed by atoms with Gasteiger partial charge in [0.2, 0.25) is 0 Å². The highest BCUT2D eigenvalue weighted by atomic mass is 19.1. The van der Waals surface area contributed by atoms with Crippen molar-refractivity contribution >= 4 is 11.6 Å². The van der Waals surface area contributed by atoms with Crippen molar-refractivity contribution in [2.75, 3.05) is 13.1 Å². The van der Waals surface area contributed by atoms with Crippen molar-refractivity contribution in [3.63, 3.8) is 0 Å². The van der Waals surface area contributed by atoms with E-state index < -0.39 is 0 Å². The normalized spacial score (nSPS) is 17.6. The number of tetrazole rings is 1. The van der Waals surface area contributed by atoms with Gasteiger partial charge in [-0.3, -0.25) is 4.79 Å². The number of aryl methyl sites for hydroxylation is 1. The molecule has 0 unspecified atom stereocenters. The van der Waals surface area contributed by atoms with Crippen LogP contribution in [0.3, 0.4) is 0 Å². The quantitative estimate of drug-likeness (QED) is 0.723. The van der Waals surface area contributed by atoms with Crippen LogP contribution in [0.1, 0.15) is 35.2 Å². The molecule has 1 fully saturated rings. The summed E-state index contributed by atoms with van der Waals surface area (Å²) in [6.07, 6.45) is 5.75. The van der Waals surface area contributed by atoms with Gasteiger partial charge in [-0.25, -0.2) is 8.91 Å². The van der Waals surface area contributed by atoms with Crippen molar-refractivity contribution in [1.82, 2.24) is 24.9 Å². The molecule has 0 bridgehead atoms. The minimum atomic E-state index is -0.206. The highest BCUT2D eigenvalue weighted by Gasteiger charge is 2.24. The lowest BCUT2D eigenvalue weighted by atomic mass is 9.91. The Bertz CT molecular complexity index is 908. The highest BCUT2D eigenvalue weighted by Crippen LogP contribution is 2.23. The molecule has 1 aromatic carbocycles. The fraction of sp³-hybridized carbons (Fsp3) is 0.368. The second-order valence-corrected chi connectivity index (χ2v) is 6.82. The van der Waals surface area contributed by atoms with Gasteiger partial charge < -0.3 is 4.90 Å². The van der Waals surface area contributed by atoms with E-state index in [1.54, 1.807) is 22.8 Å². The van der Waals surface area contributed by atoms with Crippen molar-refractivity contribution in [1.29, 1.82) is 0 Å². The summed E-state index contributed by atoms with van der Waals surface area (Å²) in [5, 5.41) is 11.3. The molecule has 1 atom stereocenters. The third-order valence-electron chi connectivity index (χ3n) is 5.01. The predicted molar refractivity (Wildman–Crippen MR) is 94.1 cm³/mol. The van der Waals surface area contributed by atoms with Gasteiger partial charge in [0.25, 0.3) is 5.91 Å². The summed E-state index contributed by atoms with van der Waals surface area (Å²) in [6.45, 7) is 1.54. The van der Waals surface area contributed by atoms with E-state index in [1.165, 1.54) is 12.1 Å². The number of rotatable bonds is 4. The molecule has 0 aliphatic carbocycles. The number of benzene rings is 1. The van der Waals surface area contributed by atoms with E-state index in [0.29, 0.717) is 17.1 Å². The zero-order valence-electron chi connectivity index (χ0n) is 14.4. The first-order valence-corrected chi connectivity index (χ1v) is 8.90. The largest absolute Gasteiger partial charge is 0.338 e. The number of likely N-dealkylation sites (tertiary alicyclic amines) is 1. The third kappa shape index (κ3) is 3.56. The number of fused-ring (bicyclic) bond motifs is 1. The van der Waals surface area contributed by atoms with E-state index in [4.69, 9.17) is 0 Å². The number of pyridine rings is 1. The summed E-state index contributed by atoms with van der Waals surface area (Å²) in [5.74, 6) is 0.293. The first-order valence-electron chi connectivity index (χ1n) is 8.90. The van der Waals surface area contributed by atoms with Crippen molar-refractivity contribution in [3.8, 4) is 0 Å². The molecule has 7 heteroatoms. The van der Waals surface area contributed by atoms with Crippen LogP contribution in [-0.2, 0) is 6.42 Å². The van der Waals surface area contributed by atoms with Gasteiger partial charge in [-0.2, -0.15) is 0 Å². The maximum absolute atomic E-state index is 13.0. The van der Waals surface area contributed by atoms with Crippen LogP contribution in [0, 0.1) is 11.7 Å². The number of carbonyl (C=O) groups excluding carboxylic acids is 1. The summed E-state index contributed by atoms with van der Waals surface area (Å²) >= 11 is 0. The van der Waals surface area contributed by atoms with Crippen LogP contribution in [-0.4, -0.2) is 43.9 Å². The van der Waals surface area contributed by atoms with E-state index in [9.17, 15) is 9.18 Å². The Balaban J connectivity index is 1.39. The second kappa shape index (κ2) is 7.19. The van der Waals surface area contributed by atoms with Gasteiger partial charge in [0.1, 0.15) is 5.82 Å². The Morgan fingerprint density at radius 1 is 1.23 bits per heavy atom. The standard InChI is InChI=1S/C19H20FN5O/c20-17-7-5-14(6-8-17)3-4-15-2-1-10-24(13-15)19(26)16-9-11-25-18(12-16)21-22-23-25/h5-9,11-12,15H,1-4,10,13H2/t15-/m0/s1.